The number of likely N-dealkylation sites (N-methyl/N-ethyl adjacent to an activating group) is 1. The van der Waals surface area contributed by atoms with E-state index in [1.165, 1.54) is 0 Å². The average molecular weight is 302 g/mol. The van der Waals surface area contributed by atoms with Gasteiger partial charge in [0.1, 0.15) is 11.9 Å². The van der Waals surface area contributed by atoms with Crippen molar-refractivity contribution in [3.8, 4) is 6.07 Å². The van der Waals surface area contributed by atoms with Crippen LogP contribution in [0.3, 0.4) is 0 Å². The molecule has 5 nitrogen and oxygen atoms in total. The zero-order chi connectivity index (χ0) is 16.3. The van der Waals surface area contributed by atoms with Gasteiger partial charge in [-0.25, -0.2) is 4.98 Å². The van der Waals surface area contributed by atoms with Crippen molar-refractivity contribution in [3.05, 3.63) is 22.4 Å². The molecule has 1 fully saturated rings. The minimum Gasteiger partial charge on any atom is -0.379 e. The maximum atomic E-state index is 9.50. The molecule has 0 N–H and O–H groups in total. The quantitative estimate of drug-likeness (QED) is 0.852. The van der Waals surface area contributed by atoms with Gasteiger partial charge in [0.15, 0.2) is 0 Å². The average Bonchev–Trinajstić information content (AvgIpc) is 2.53. The second-order valence-corrected chi connectivity index (χ2v) is 6.14. The number of hydrogen-bond acceptors (Lipinski definition) is 5. The van der Waals surface area contributed by atoms with Crippen LogP contribution in [0.25, 0.3) is 0 Å². The fourth-order valence-electron chi connectivity index (χ4n) is 2.95. The van der Waals surface area contributed by atoms with E-state index in [-0.39, 0.29) is 0 Å². The summed E-state index contributed by atoms with van der Waals surface area (Å²) in [6, 6.07) is 2.73. The zero-order valence-corrected chi connectivity index (χ0v) is 14.3. The third-order valence-corrected chi connectivity index (χ3v) is 4.66. The molecule has 0 saturated carbocycles. The molecule has 0 unspecified atom stereocenters. The minimum absolute atomic E-state index is 0.407. The third-order valence-electron chi connectivity index (χ3n) is 4.66. The molecule has 1 aliphatic rings. The fraction of sp³-hybridized carbons (Fsp3) is 0.647. The lowest BCUT2D eigenvalue weighted by atomic mass is 10.0. The number of rotatable bonds is 4. The molecule has 5 heteroatoms. The van der Waals surface area contributed by atoms with E-state index in [1.807, 2.05) is 27.8 Å². The maximum absolute atomic E-state index is 9.50. The van der Waals surface area contributed by atoms with Crippen LogP contribution in [-0.2, 0) is 4.74 Å². The summed E-state index contributed by atoms with van der Waals surface area (Å²) in [5, 5.41) is 9.50. The molecule has 0 spiro atoms. The largest absolute Gasteiger partial charge is 0.379 e. The van der Waals surface area contributed by atoms with Gasteiger partial charge in [-0.3, -0.25) is 4.90 Å². The zero-order valence-electron chi connectivity index (χ0n) is 14.3. The van der Waals surface area contributed by atoms with E-state index in [0.29, 0.717) is 11.6 Å². The van der Waals surface area contributed by atoms with Crippen molar-refractivity contribution < 1.29 is 4.74 Å². The molecule has 0 bridgehead atoms. The van der Waals surface area contributed by atoms with E-state index in [4.69, 9.17) is 4.74 Å². The predicted molar refractivity (Wildman–Crippen MR) is 88.3 cm³/mol. The van der Waals surface area contributed by atoms with Crippen molar-refractivity contribution in [2.45, 2.75) is 33.7 Å². The van der Waals surface area contributed by atoms with Crippen molar-refractivity contribution in [3.63, 3.8) is 0 Å². The molecule has 1 aliphatic heterocycles. The van der Waals surface area contributed by atoms with Crippen LogP contribution < -0.4 is 4.90 Å². The SMILES string of the molecule is Cc1nc(N(C)C[C@@H](C)N2CCOCC2)c(C#N)c(C)c1C. The molecule has 1 atom stereocenters. The number of hydrogen-bond donors (Lipinski definition) is 0. The van der Waals surface area contributed by atoms with E-state index < -0.39 is 0 Å². The smallest absolute Gasteiger partial charge is 0.146 e. The van der Waals surface area contributed by atoms with Crippen LogP contribution in [0, 0.1) is 32.1 Å². The highest BCUT2D eigenvalue weighted by atomic mass is 16.5. The van der Waals surface area contributed by atoms with Crippen molar-refractivity contribution in [2.24, 2.45) is 0 Å². The van der Waals surface area contributed by atoms with Crippen LogP contribution in [-0.4, -0.2) is 55.8 Å². The number of aryl methyl sites for hydroxylation is 1. The van der Waals surface area contributed by atoms with Gasteiger partial charge in [0, 0.05) is 38.4 Å². The summed E-state index contributed by atoms with van der Waals surface area (Å²) in [4.78, 5) is 9.20. The second-order valence-electron chi connectivity index (χ2n) is 6.14. The van der Waals surface area contributed by atoms with E-state index in [2.05, 4.69) is 27.8 Å². The van der Waals surface area contributed by atoms with Gasteiger partial charge in [-0.2, -0.15) is 5.26 Å². The highest BCUT2D eigenvalue weighted by Gasteiger charge is 2.21. The van der Waals surface area contributed by atoms with Gasteiger partial charge in [0.05, 0.1) is 18.8 Å². The van der Waals surface area contributed by atoms with Crippen LogP contribution in [0.4, 0.5) is 5.82 Å². The summed E-state index contributed by atoms with van der Waals surface area (Å²) in [5.41, 5.74) is 3.84. The van der Waals surface area contributed by atoms with Crippen LogP contribution in [0.15, 0.2) is 0 Å². The molecule has 22 heavy (non-hydrogen) atoms. The summed E-state index contributed by atoms with van der Waals surface area (Å²) in [6.07, 6.45) is 0. The molecule has 1 aromatic rings. The molecule has 2 heterocycles. The molecular formula is C17H26N4O. The third kappa shape index (κ3) is 3.40. The topological polar surface area (TPSA) is 52.4 Å². The first-order valence-electron chi connectivity index (χ1n) is 7.86. The Kier molecular flexibility index (Phi) is 5.38. The van der Waals surface area contributed by atoms with E-state index in [0.717, 1.165) is 55.5 Å². The highest BCUT2D eigenvalue weighted by Crippen LogP contribution is 2.25. The number of aromatic nitrogens is 1. The molecule has 0 aliphatic carbocycles. The Morgan fingerprint density at radius 2 is 1.91 bits per heavy atom. The Balaban J connectivity index is 2.18. The van der Waals surface area contributed by atoms with Crippen molar-refractivity contribution in [1.29, 1.82) is 5.26 Å². The predicted octanol–water partition coefficient (Wildman–Crippen LogP) is 2.04. The maximum Gasteiger partial charge on any atom is 0.146 e. The van der Waals surface area contributed by atoms with Gasteiger partial charge in [-0.1, -0.05) is 0 Å². The Bertz CT molecular complexity index is 573. The monoisotopic (exact) mass is 302 g/mol. The van der Waals surface area contributed by atoms with Gasteiger partial charge < -0.3 is 9.64 Å². The summed E-state index contributed by atoms with van der Waals surface area (Å²) < 4.78 is 5.41. The van der Waals surface area contributed by atoms with Crippen LogP contribution in [0.2, 0.25) is 0 Å². The lowest BCUT2D eigenvalue weighted by molar-refractivity contribution is 0.0218. The lowest BCUT2D eigenvalue weighted by Crippen LogP contribution is -2.47. The van der Waals surface area contributed by atoms with Crippen LogP contribution in [0.5, 0.6) is 0 Å². The Morgan fingerprint density at radius 1 is 1.27 bits per heavy atom. The molecule has 120 valence electrons. The molecule has 0 radical (unpaired) electrons. The summed E-state index contributed by atoms with van der Waals surface area (Å²) in [5.74, 6) is 0.795. The minimum atomic E-state index is 0.407. The second kappa shape index (κ2) is 7.08. The molecular weight excluding hydrogens is 276 g/mol. The fourth-order valence-corrected chi connectivity index (χ4v) is 2.95. The number of nitrogens with zero attached hydrogens (tertiary/aromatic N) is 4. The number of pyridine rings is 1. The summed E-state index contributed by atoms with van der Waals surface area (Å²) >= 11 is 0. The standard InChI is InChI=1S/C17H26N4O/c1-12(21-6-8-22-9-7-21)11-20(5)17-16(10-18)14(3)13(2)15(4)19-17/h12H,6-9,11H2,1-5H3/t12-/m1/s1. The lowest BCUT2D eigenvalue weighted by Gasteiger charge is -2.35. The van der Waals surface area contributed by atoms with Gasteiger partial charge in [-0.15, -0.1) is 0 Å². The van der Waals surface area contributed by atoms with E-state index >= 15 is 0 Å². The molecule has 2 rings (SSSR count). The van der Waals surface area contributed by atoms with Gasteiger partial charge >= 0.3 is 0 Å². The Labute approximate surface area is 133 Å². The number of morpholine rings is 1. The number of anilines is 1. The molecule has 1 saturated heterocycles. The van der Waals surface area contributed by atoms with Gasteiger partial charge in [0.2, 0.25) is 0 Å². The van der Waals surface area contributed by atoms with E-state index in [9.17, 15) is 5.26 Å². The normalized spacial score (nSPS) is 17.1. The number of ether oxygens (including phenoxy) is 1. The Hall–Kier alpha value is -1.64. The van der Waals surface area contributed by atoms with Crippen molar-refractivity contribution in [1.82, 2.24) is 9.88 Å². The first kappa shape index (κ1) is 16.7. The highest BCUT2D eigenvalue weighted by molar-refractivity contribution is 5.60. The van der Waals surface area contributed by atoms with E-state index in [1.54, 1.807) is 0 Å². The van der Waals surface area contributed by atoms with Crippen LogP contribution >= 0.6 is 0 Å². The first-order valence-corrected chi connectivity index (χ1v) is 7.86. The van der Waals surface area contributed by atoms with Crippen molar-refractivity contribution >= 4 is 5.82 Å². The molecule has 1 aromatic heterocycles. The first-order chi connectivity index (χ1) is 10.5. The van der Waals surface area contributed by atoms with Crippen LogP contribution in [0.1, 0.15) is 29.3 Å². The Morgan fingerprint density at radius 3 is 2.50 bits per heavy atom. The molecule has 0 amide bonds. The van der Waals surface area contributed by atoms with Gasteiger partial charge in [0.25, 0.3) is 0 Å². The molecule has 0 aromatic carbocycles. The van der Waals surface area contributed by atoms with Crippen molar-refractivity contribution in [2.75, 3.05) is 44.8 Å². The summed E-state index contributed by atoms with van der Waals surface area (Å²) in [7, 11) is 2.02. The van der Waals surface area contributed by atoms with Gasteiger partial charge in [-0.05, 0) is 38.8 Å². The summed E-state index contributed by atoms with van der Waals surface area (Å²) in [6.45, 7) is 12.7. The number of nitriles is 1.